The monoisotopic (exact) mass is 325 g/mol. The molecule has 0 aromatic heterocycles. The van der Waals surface area contributed by atoms with E-state index in [9.17, 15) is 14.7 Å². The third kappa shape index (κ3) is 3.91. The van der Waals surface area contributed by atoms with Gasteiger partial charge in [0.1, 0.15) is 11.3 Å². The van der Waals surface area contributed by atoms with Crippen molar-refractivity contribution in [2.45, 2.75) is 38.6 Å². The van der Waals surface area contributed by atoms with Gasteiger partial charge >= 0.3 is 5.97 Å². The molecule has 0 saturated carbocycles. The number of likely N-dealkylation sites (tertiary alicyclic amines) is 1. The van der Waals surface area contributed by atoms with E-state index in [0.717, 1.165) is 25.7 Å². The lowest BCUT2D eigenvalue weighted by molar-refractivity contribution is -0.138. The summed E-state index contributed by atoms with van der Waals surface area (Å²) in [6.45, 7) is 2.45. The van der Waals surface area contributed by atoms with E-state index in [0.29, 0.717) is 11.6 Å². The average molecular weight is 326 g/mol. The van der Waals surface area contributed by atoms with Crippen LogP contribution in [0.2, 0.25) is 5.02 Å². The van der Waals surface area contributed by atoms with E-state index in [2.05, 4.69) is 0 Å². The van der Waals surface area contributed by atoms with E-state index in [4.69, 9.17) is 16.3 Å². The molecule has 120 valence electrons. The molecule has 6 heteroatoms. The van der Waals surface area contributed by atoms with Crippen molar-refractivity contribution in [2.24, 2.45) is 0 Å². The number of carbonyl (C=O) groups excluding carboxylic acids is 2. The standard InChI is InChI=1S/C16H20ClNO4/c1-2-12-5-3-4-8-18(12)15(20)10-22-16(21)13-7-6-11(17)9-14(13)19/h6-7,9,12,19H,2-5,8,10H2,1H3/t12-/m0/s1. The summed E-state index contributed by atoms with van der Waals surface area (Å²) in [6, 6.07) is 4.35. The molecule has 0 radical (unpaired) electrons. The predicted octanol–water partition coefficient (Wildman–Crippen LogP) is 2.99. The van der Waals surface area contributed by atoms with Gasteiger partial charge < -0.3 is 14.7 Å². The van der Waals surface area contributed by atoms with E-state index in [1.165, 1.54) is 18.2 Å². The first-order chi connectivity index (χ1) is 10.5. The molecule has 1 N–H and O–H groups in total. The first kappa shape index (κ1) is 16.6. The zero-order valence-electron chi connectivity index (χ0n) is 12.5. The summed E-state index contributed by atoms with van der Waals surface area (Å²) < 4.78 is 5.02. The Balaban J connectivity index is 1.94. The van der Waals surface area contributed by atoms with Crippen molar-refractivity contribution in [3.05, 3.63) is 28.8 Å². The number of benzene rings is 1. The Bertz CT molecular complexity index is 561. The zero-order chi connectivity index (χ0) is 16.1. The highest BCUT2D eigenvalue weighted by molar-refractivity contribution is 6.30. The zero-order valence-corrected chi connectivity index (χ0v) is 13.3. The first-order valence-corrected chi connectivity index (χ1v) is 7.85. The Morgan fingerprint density at radius 2 is 2.18 bits per heavy atom. The van der Waals surface area contributed by atoms with E-state index >= 15 is 0 Å². The third-order valence-corrected chi connectivity index (χ3v) is 4.16. The van der Waals surface area contributed by atoms with Crippen LogP contribution in [0.25, 0.3) is 0 Å². The Hall–Kier alpha value is -1.75. The summed E-state index contributed by atoms with van der Waals surface area (Å²) in [5.74, 6) is -1.17. The minimum absolute atomic E-state index is 0.00267. The highest BCUT2D eigenvalue weighted by Crippen LogP contribution is 2.23. The van der Waals surface area contributed by atoms with Crippen molar-refractivity contribution in [1.82, 2.24) is 4.90 Å². The molecular weight excluding hydrogens is 306 g/mol. The minimum atomic E-state index is -0.729. The number of ether oxygens (including phenoxy) is 1. The quantitative estimate of drug-likeness (QED) is 0.864. The number of phenolic OH excluding ortho intramolecular Hbond substituents is 1. The number of rotatable bonds is 4. The van der Waals surface area contributed by atoms with Crippen LogP contribution >= 0.6 is 11.6 Å². The van der Waals surface area contributed by atoms with Gasteiger partial charge in [0.2, 0.25) is 0 Å². The molecule has 1 aromatic carbocycles. The maximum absolute atomic E-state index is 12.2. The van der Waals surface area contributed by atoms with Crippen molar-refractivity contribution in [3.8, 4) is 5.75 Å². The van der Waals surface area contributed by atoms with Gasteiger partial charge in [-0.2, -0.15) is 0 Å². The largest absolute Gasteiger partial charge is 0.507 e. The second-order valence-corrected chi connectivity index (χ2v) is 5.82. The molecule has 0 aliphatic carbocycles. The number of aromatic hydroxyl groups is 1. The molecule has 1 fully saturated rings. The van der Waals surface area contributed by atoms with Crippen LogP contribution in [0.3, 0.4) is 0 Å². The van der Waals surface area contributed by atoms with Crippen LogP contribution in [0.4, 0.5) is 0 Å². The van der Waals surface area contributed by atoms with Crippen LogP contribution in [0.5, 0.6) is 5.75 Å². The van der Waals surface area contributed by atoms with E-state index in [-0.39, 0.29) is 29.9 Å². The first-order valence-electron chi connectivity index (χ1n) is 7.48. The van der Waals surface area contributed by atoms with E-state index in [1.807, 2.05) is 6.92 Å². The fourth-order valence-corrected chi connectivity index (χ4v) is 2.89. The fourth-order valence-electron chi connectivity index (χ4n) is 2.72. The Morgan fingerprint density at radius 1 is 1.41 bits per heavy atom. The second-order valence-electron chi connectivity index (χ2n) is 5.38. The molecular formula is C16H20ClNO4. The lowest BCUT2D eigenvalue weighted by Gasteiger charge is -2.35. The maximum Gasteiger partial charge on any atom is 0.342 e. The molecule has 22 heavy (non-hydrogen) atoms. The number of halogens is 1. The molecule has 1 aliphatic heterocycles. The molecule has 1 saturated heterocycles. The van der Waals surface area contributed by atoms with Crippen molar-refractivity contribution in [2.75, 3.05) is 13.2 Å². The normalized spacial score (nSPS) is 18.1. The summed E-state index contributed by atoms with van der Waals surface area (Å²) in [4.78, 5) is 25.9. The highest BCUT2D eigenvalue weighted by Gasteiger charge is 2.26. The summed E-state index contributed by atoms with van der Waals surface area (Å²) in [5, 5.41) is 10.00. The molecule has 0 unspecified atom stereocenters. The number of nitrogens with zero attached hydrogens (tertiary/aromatic N) is 1. The van der Waals surface area contributed by atoms with Gasteiger partial charge in [-0.3, -0.25) is 4.79 Å². The molecule has 2 rings (SSSR count). The molecule has 1 aromatic rings. The van der Waals surface area contributed by atoms with Crippen molar-refractivity contribution in [3.63, 3.8) is 0 Å². The van der Waals surface area contributed by atoms with Gasteiger partial charge in [-0.15, -0.1) is 0 Å². The Labute approximate surface area is 134 Å². The molecule has 0 bridgehead atoms. The Morgan fingerprint density at radius 3 is 2.86 bits per heavy atom. The lowest BCUT2D eigenvalue weighted by Crippen LogP contribution is -2.45. The van der Waals surface area contributed by atoms with Gasteiger partial charge in [-0.1, -0.05) is 18.5 Å². The topological polar surface area (TPSA) is 66.8 Å². The predicted molar refractivity (Wildman–Crippen MR) is 83.0 cm³/mol. The number of phenols is 1. The van der Waals surface area contributed by atoms with E-state index in [1.54, 1.807) is 4.90 Å². The van der Waals surface area contributed by atoms with Gasteiger partial charge in [0.15, 0.2) is 6.61 Å². The molecule has 1 aliphatic rings. The average Bonchev–Trinajstić information content (AvgIpc) is 2.52. The van der Waals surface area contributed by atoms with Gasteiger partial charge in [0, 0.05) is 17.6 Å². The molecule has 0 spiro atoms. The number of esters is 1. The maximum atomic E-state index is 12.2. The van der Waals surface area contributed by atoms with Gasteiger partial charge in [-0.25, -0.2) is 4.79 Å². The highest BCUT2D eigenvalue weighted by atomic mass is 35.5. The van der Waals surface area contributed by atoms with Gasteiger partial charge in [0.25, 0.3) is 5.91 Å². The summed E-state index contributed by atoms with van der Waals surface area (Å²) in [5.41, 5.74) is 0.00267. The van der Waals surface area contributed by atoms with Crippen LogP contribution in [0.1, 0.15) is 43.0 Å². The fraction of sp³-hybridized carbons (Fsp3) is 0.500. The number of hydrogen-bond donors (Lipinski definition) is 1. The van der Waals surface area contributed by atoms with Gasteiger partial charge in [-0.05, 0) is 43.9 Å². The summed E-state index contributed by atoms with van der Waals surface area (Å²) >= 11 is 5.71. The van der Waals surface area contributed by atoms with Crippen LogP contribution in [-0.4, -0.2) is 41.1 Å². The van der Waals surface area contributed by atoms with Crippen LogP contribution < -0.4 is 0 Å². The van der Waals surface area contributed by atoms with Crippen molar-refractivity contribution in [1.29, 1.82) is 0 Å². The third-order valence-electron chi connectivity index (χ3n) is 3.93. The minimum Gasteiger partial charge on any atom is -0.507 e. The Kier molecular flexibility index (Phi) is 5.66. The van der Waals surface area contributed by atoms with Crippen LogP contribution in [0, 0.1) is 0 Å². The number of hydrogen-bond acceptors (Lipinski definition) is 4. The van der Waals surface area contributed by atoms with Crippen LogP contribution in [0.15, 0.2) is 18.2 Å². The number of amides is 1. The molecule has 1 heterocycles. The number of carbonyl (C=O) groups is 2. The SMILES string of the molecule is CC[C@H]1CCCCN1C(=O)COC(=O)c1ccc(Cl)cc1O. The molecule has 1 atom stereocenters. The second kappa shape index (κ2) is 7.49. The van der Waals surface area contributed by atoms with Crippen LogP contribution in [-0.2, 0) is 9.53 Å². The number of piperidine rings is 1. The summed E-state index contributed by atoms with van der Waals surface area (Å²) in [6.07, 6.45) is 4.00. The van der Waals surface area contributed by atoms with Crippen molar-refractivity contribution >= 4 is 23.5 Å². The van der Waals surface area contributed by atoms with Crippen molar-refractivity contribution < 1.29 is 19.4 Å². The lowest BCUT2D eigenvalue weighted by atomic mass is 10.00. The summed E-state index contributed by atoms with van der Waals surface area (Å²) in [7, 11) is 0. The molecule has 1 amide bonds. The smallest absolute Gasteiger partial charge is 0.342 e. The molecule has 5 nitrogen and oxygen atoms in total. The van der Waals surface area contributed by atoms with E-state index < -0.39 is 5.97 Å². The van der Waals surface area contributed by atoms with Gasteiger partial charge in [0.05, 0.1) is 0 Å².